The van der Waals surface area contributed by atoms with Crippen LogP contribution < -0.4 is 4.74 Å². The molecule has 1 unspecified atom stereocenters. The normalized spacial score (nSPS) is 15.3. The summed E-state index contributed by atoms with van der Waals surface area (Å²) in [5.41, 5.74) is 4.89. The van der Waals surface area contributed by atoms with Crippen molar-refractivity contribution in [2.24, 2.45) is 5.92 Å². The number of hydrogen-bond acceptors (Lipinski definition) is 4. The van der Waals surface area contributed by atoms with Gasteiger partial charge in [-0.2, -0.15) is 0 Å². The summed E-state index contributed by atoms with van der Waals surface area (Å²) >= 11 is 0. The molecule has 1 N–H and O–H groups in total. The van der Waals surface area contributed by atoms with Gasteiger partial charge in [0.1, 0.15) is 17.2 Å². The van der Waals surface area contributed by atoms with Crippen LogP contribution in [0.2, 0.25) is 0 Å². The lowest BCUT2D eigenvalue weighted by Gasteiger charge is -2.41. The van der Waals surface area contributed by atoms with Gasteiger partial charge in [-0.05, 0) is 83.8 Å². The molecule has 1 aliphatic carbocycles. The van der Waals surface area contributed by atoms with E-state index in [-0.39, 0.29) is 22.7 Å². The number of ether oxygens (including phenoxy) is 1. The third-order valence-corrected chi connectivity index (χ3v) is 8.33. The van der Waals surface area contributed by atoms with E-state index in [1.54, 1.807) is 66.7 Å². The van der Waals surface area contributed by atoms with Crippen LogP contribution in [0.4, 0.5) is 0 Å². The maximum absolute atomic E-state index is 13.2. The van der Waals surface area contributed by atoms with E-state index in [0.29, 0.717) is 33.8 Å². The lowest BCUT2D eigenvalue weighted by molar-refractivity contribution is 0.103. The largest absolute Gasteiger partial charge is 0.508 e. The molecular formula is C37H40O4. The van der Waals surface area contributed by atoms with Gasteiger partial charge < -0.3 is 9.84 Å². The number of hydrogen-bond donors (Lipinski definition) is 1. The number of carbonyl (C=O) groups is 2. The smallest absolute Gasteiger partial charge is 0.193 e. The van der Waals surface area contributed by atoms with E-state index in [1.807, 2.05) is 12.1 Å². The van der Waals surface area contributed by atoms with Gasteiger partial charge in [-0.1, -0.05) is 83.9 Å². The molecule has 4 aromatic carbocycles. The predicted octanol–water partition coefficient (Wildman–Crippen LogP) is 9.31. The highest BCUT2D eigenvalue weighted by Gasteiger charge is 2.36. The van der Waals surface area contributed by atoms with Crippen molar-refractivity contribution in [2.75, 3.05) is 0 Å². The topological polar surface area (TPSA) is 63.6 Å². The van der Waals surface area contributed by atoms with Crippen LogP contribution in [-0.4, -0.2) is 16.7 Å². The van der Waals surface area contributed by atoms with Crippen LogP contribution in [0.25, 0.3) is 0 Å². The number of benzene rings is 4. The van der Waals surface area contributed by atoms with E-state index in [1.165, 1.54) is 30.0 Å². The maximum Gasteiger partial charge on any atom is 0.193 e. The molecule has 5 rings (SSSR count). The fourth-order valence-corrected chi connectivity index (χ4v) is 4.98. The fraction of sp³-hybridized carbons (Fsp3) is 0.297. The molecule has 4 nitrogen and oxygen atoms in total. The molecule has 0 heterocycles. The molecule has 0 amide bonds. The van der Waals surface area contributed by atoms with Gasteiger partial charge in [-0.25, -0.2) is 0 Å². The van der Waals surface area contributed by atoms with Crippen LogP contribution in [0.15, 0.2) is 91.0 Å². The second kappa shape index (κ2) is 13.0. The Hall–Kier alpha value is -4.18. The minimum absolute atomic E-state index is 0.0811. The summed E-state index contributed by atoms with van der Waals surface area (Å²) in [5, 5.41) is 9.58. The highest BCUT2D eigenvalue weighted by molar-refractivity contribution is 6.13. The van der Waals surface area contributed by atoms with Crippen molar-refractivity contribution in [3.63, 3.8) is 0 Å². The van der Waals surface area contributed by atoms with Crippen LogP contribution in [0.3, 0.4) is 0 Å². The molecule has 0 aromatic heterocycles. The Morgan fingerprint density at radius 3 is 1.90 bits per heavy atom. The highest BCUT2D eigenvalue weighted by atomic mass is 16.5. The van der Waals surface area contributed by atoms with Crippen molar-refractivity contribution in [2.45, 2.75) is 65.7 Å². The molecule has 0 radical (unpaired) electrons. The molecule has 0 saturated carbocycles. The lowest BCUT2D eigenvalue weighted by atomic mass is 9.63. The summed E-state index contributed by atoms with van der Waals surface area (Å²) in [4.78, 5) is 26.3. The van der Waals surface area contributed by atoms with E-state index < -0.39 is 0 Å². The monoisotopic (exact) mass is 548 g/mol. The molecule has 0 fully saturated rings. The number of phenolic OH excluding ortho intramolecular Hbond substituents is 1. The number of carbonyl (C=O) groups excluding carboxylic acids is 2. The first-order valence-corrected chi connectivity index (χ1v) is 14.6. The summed E-state index contributed by atoms with van der Waals surface area (Å²) in [6, 6.07) is 26.2. The van der Waals surface area contributed by atoms with E-state index in [9.17, 15) is 14.7 Å². The standard InChI is InChI=1S/C31H26O4.C6H14/c1-3-31(2)19-24-17-23(12-15-28(24)31)30(34)22-7-4-6-21(16-22)29(33)20-10-13-26(14-11-20)35-27-9-5-8-25(32)18-27;1-4-6(3)5-2/h4-18,32H,3,19H2,1-2H3;6H,4-5H2,1-3H3. The second-order valence-corrected chi connectivity index (χ2v) is 11.2. The van der Waals surface area contributed by atoms with Crippen molar-refractivity contribution in [3.05, 3.63) is 124 Å². The average molecular weight is 549 g/mol. The zero-order valence-corrected chi connectivity index (χ0v) is 24.7. The third-order valence-electron chi connectivity index (χ3n) is 8.33. The lowest BCUT2D eigenvalue weighted by Crippen LogP contribution is -2.35. The van der Waals surface area contributed by atoms with Gasteiger partial charge in [0.15, 0.2) is 11.6 Å². The fourth-order valence-electron chi connectivity index (χ4n) is 4.98. The summed E-state index contributed by atoms with van der Waals surface area (Å²) < 4.78 is 5.73. The quantitative estimate of drug-likeness (QED) is 0.212. The second-order valence-electron chi connectivity index (χ2n) is 11.2. The summed E-state index contributed by atoms with van der Waals surface area (Å²) in [7, 11) is 0. The third kappa shape index (κ3) is 6.94. The Morgan fingerprint density at radius 2 is 1.34 bits per heavy atom. The first-order chi connectivity index (χ1) is 19.7. The average Bonchev–Trinajstić information content (AvgIpc) is 2.99. The molecule has 0 saturated heterocycles. The molecule has 0 bridgehead atoms. The highest BCUT2D eigenvalue weighted by Crippen LogP contribution is 2.43. The SMILES string of the molecule is CCC(C)CC.CCC1(C)Cc2cc(C(=O)c3cccc(C(=O)c4ccc(Oc5cccc(O)c5)cc4)c3)ccc21. The van der Waals surface area contributed by atoms with Gasteiger partial charge in [0.05, 0.1) is 0 Å². The zero-order valence-electron chi connectivity index (χ0n) is 24.7. The Balaban J connectivity index is 0.000000585. The first-order valence-electron chi connectivity index (χ1n) is 14.6. The molecule has 212 valence electrons. The number of aromatic hydroxyl groups is 1. The number of ketones is 2. The Labute approximate surface area is 244 Å². The van der Waals surface area contributed by atoms with Crippen LogP contribution in [0, 0.1) is 5.92 Å². The molecule has 1 atom stereocenters. The van der Waals surface area contributed by atoms with E-state index in [0.717, 1.165) is 18.8 Å². The van der Waals surface area contributed by atoms with E-state index in [4.69, 9.17) is 4.74 Å². The van der Waals surface area contributed by atoms with Crippen molar-refractivity contribution in [1.82, 2.24) is 0 Å². The number of fused-ring (bicyclic) bond motifs is 1. The molecule has 4 aromatic rings. The van der Waals surface area contributed by atoms with E-state index >= 15 is 0 Å². The van der Waals surface area contributed by atoms with Crippen molar-refractivity contribution >= 4 is 11.6 Å². The molecule has 1 aliphatic rings. The summed E-state index contributed by atoms with van der Waals surface area (Å²) in [5.74, 6) is 1.86. The van der Waals surface area contributed by atoms with Gasteiger partial charge in [-0.3, -0.25) is 9.59 Å². The maximum atomic E-state index is 13.2. The molecule has 41 heavy (non-hydrogen) atoms. The van der Waals surface area contributed by atoms with Crippen molar-refractivity contribution in [3.8, 4) is 17.2 Å². The van der Waals surface area contributed by atoms with Crippen LogP contribution >= 0.6 is 0 Å². The zero-order chi connectivity index (χ0) is 29.6. The van der Waals surface area contributed by atoms with Gasteiger partial charge in [0.25, 0.3) is 0 Å². The number of phenols is 1. The van der Waals surface area contributed by atoms with Crippen LogP contribution in [-0.2, 0) is 11.8 Å². The van der Waals surface area contributed by atoms with Gasteiger partial charge >= 0.3 is 0 Å². The van der Waals surface area contributed by atoms with Crippen molar-refractivity contribution in [1.29, 1.82) is 0 Å². The Kier molecular flexibility index (Phi) is 9.44. The number of rotatable bonds is 9. The molecular weight excluding hydrogens is 508 g/mol. The Morgan fingerprint density at radius 1 is 0.756 bits per heavy atom. The molecule has 4 heteroatoms. The summed E-state index contributed by atoms with van der Waals surface area (Å²) in [6.07, 6.45) is 4.73. The van der Waals surface area contributed by atoms with Gasteiger partial charge in [-0.15, -0.1) is 0 Å². The van der Waals surface area contributed by atoms with Crippen molar-refractivity contribution < 1.29 is 19.4 Å². The molecule has 0 aliphatic heterocycles. The van der Waals surface area contributed by atoms with E-state index in [2.05, 4.69) is 40.7 Å². The predicted molar refractivity (Wildman–Crippen MR) is 165 cm³/mol. The minimum atomic E-state index is -0.167. The van der Waals surface area contributed by atoms with Crippen LogP contribution in [0.5, 0.6) is 17.2 Å². The Bertz CT molecular complexity index is 1510. The van der Waals surface area contributed by atoms with Gasteiger partial charge in [0.2, 0.25) is 0 Å². The van der Waals surface area contributed by atoms with Crippen LogP contribution in [0.1, 0.15) is 96.9 Å². The van der Waals surface area contributed by atoms with Gasteiger partial charge in [0, 0.05) is 28.3 Å². The first kappa shape index (κ1) is 29.8. The minimum Gasteiger partial charge on any atom is -0.508 e. The molecule has 0 spiro atoms. The summed E-state index contributed by atoms with van der Waals surface area (Å²) in [6.45, 7) is 11.2.